The van der Waals surface area contributed by atoms with Crippen molar-refractivity contribution in [3.8, 4) is 0 Å². The van der Waals surface area contributed by atoms with E-state index in [4.69, 9.17) is 0 Å². The zero-order valence-corrected chi connectivity index (χ0v) is 12.5. The minimum absolute atomic E-state index is 0.450. The molecule has 1 atom stereocenters. The van der Waals surface area contributed by atoms with Crippen molar-refractivity contribution in [3.05, 3.63) is 47.0 Å². The highest BCUT2D eigenvalue weighted by molar-refractivity contribution is 9.10. The fraction of sp³-hybridized carbons (Fsp3) is 0.467. The smallest absolute Gasteiger partial charge is 0.0477 e. The van der Waals surface area contributed by atoms with Crippen molar-refractivity contribution in [2.24, 2.45) is 0 Å². The van der Waals surface area contributed by atoms with Gasteiger partial charge in [0.05, 0.1) is 0 Å². The van der Waals surface area contributed by atoms with Crippen LogP contribution in [0.3, 0.4) is 0 Å². The molecule has 0 aliphatic heterocycles. The number of halogens is 1. The highest BCUT2D eigenvalue weighted by Crippen LogP contribution is 2.39. The fourth-order valence-corrected chi connectivity index (χ4v) is 4.04. The van der Waals surface area contributed by atoms with E-state index in [1.54, 1.807) is 0 Å². The highest BCUT2D eigenvalue weighted by Gasteiger charge is 2.18. The average Bonchev–Trinajstić information content (AvgIpc) is 2.38. The number of hydrogen-bond donors (Lipinski definition) is 0. The van der Waals surface area contributed by atoms with Gasteiger partial charge in [0.1, 0.15) is 0 Å². The van der Waals surface area contributed by atoms with E-state index in [0.29, 0.717) is 5.25 Å². The van der Waals surface area contributed by atoms with Crippen LogP contribution in [0.4, 0.5) is 0 Å². The van der Waals surface area contributed by atoms with E-state index >= 15 is 0 Å². The largest absolute Gasteiger partial charge is 0.146 e. The van der Waals surface area contributed by atoms with Gasteiger partial charge in [-0.1, -0.05) is 53.4 Å². The first kappa shape index (κ1) is 13.2. The van der Waals surface area contributed by atoms with Crippen LogP contribution in [0.2, 0.25) is 0 Å². The minimum Gasteiger partial charge on any atom is -0.146 e. The molecule has 1 aliphatic carbocycles. The maximum Gasteiger partial charge on any atom is 0.0477 e. The van der Waals surface area contributed by atoms with Gasteiger partial charge >= 0.3 is 0 Å². The Morgan fingerprint density at radius 3 is 2.41 bits per heavy atom. The highest BCUT2D eigenvalue weighted by atomic mass is 79.9. The molecule has 1 fully saturated rings. The third kappa shape index (κ3) is 3.89. The van der Waals surface area contributed by atoms with Gasteiger partial charge in [0.15, 0.2) is 0 Å². The molecular formula is C15H19BrS. The van der Waals surface area contributed by atoms with E-state index in [-0.39, 0.29) is 0 Å². The summed E-state index contributed by atoms with van der Waals surface area (Å²) in [7, 11) is 0. The summed E-state index contributed by atoms with van der Waals surface area (Å²) in [6.45, 7) is 3.99. The molecule has 2 rings (SSSR count). The van der Waals surface area contributed by atoms with Crippen LogP contribution in [0, 0.1) is 0 Å². The van der Waals surface area contributed by atoms with Crippen molar-refractivity contribution in [1.29, 1.82) is 0 Å². The van der Waals surface area contributed by atoms with Crippen LogP contribution >= 0.6 is 27.7 Å². The molecule has 0 amide bonds. The van der Waals surface area contributed by atoms with Crippen LogP contribution in [0.1, 0.15) is 42.9 Å². The standard InChI is InChI=1S/C15H19BrS/c1-2-15(12-8-10-13(16)11-9-12)17-14-6-4-3-5-7-14/h2,8-11,14-15H,1,3-7H2/t15-/m0/s1. The zero-order valence-electron chi connectivity index (χ0n) is 10.1. The van der Waals surface area contributed by atoms with Crippen LogP contribution in [-0.4, -0.2) is 5.25 Å². The Hall–Kier alpha value is -0.210. The second kappa shape index (κ2) is 6.65. The summed E-state index contributed by atoms with van der Waals surface area (Å²) in [5.41, 5.74) is 1.37. The molecular weight excluding hydrogens is 292 g/mol. The predicted octanol–water partition coefficient (Wildman–Crippen LogP) is 5.74. The van der Waals surface area contributed by atoms with Crippen LogP contribution in [0.5, 0.6) is 0 Å². The second-order valence-electron chi connectivity index (χ2n) is 4.60. The Balaban J connectivity index is 2.00. The third-order valence-corrected chi connectivity index (χ3v) is 5.45. The quantitative estimate of drug-likeness (QED) is 0.639. The summed E-state index contributed by atoms with van der Waals surface area (Å²) in [6, 6.07) is 8.64. The minimum atomic E-state index is 0.450. The molecule has 0 heterocycles. The van der Waals surface area contributed by atoms with Gasteiger partial charge in [0.2, 0.25) is 0 Å². The summed E-state index contributed by atoms with van der Waals surface area (Å²) in [5, 5.41) is 1.28. The zero-order chi connectivity index (χ0) is 12.1. The first-order valence-electron chi connectivity index (χ1n) is 6.33. The third-order valence-electron chi connectivity index (χ3n) is 3.30. The van der Waals surface area contributed by atoms with Crippen molar-refractivity contribution >= 4 is 27.7 Å². The lowest BCUT2D eigenvalue weighted by molar-refractivity contribution is 0.515. The molecule has 0 unspecified atom stereocenters. The van der Waals surface area contributed by atoms with E-state index in [2.05, 4.69) is 64.6 Å². The van der Waals surface area contributed by atoms with Crippen LogP contribution in [0.25, 0.3) is 0 Å². The second-order valence-corrected chi connectivity index (χ2v) is 6.97. The molecule has 0 radical (unpaired) electrons. The topological polar surface area (TPSA) is 0 Å². The Morgan fingerprint density at radius 1 is 1.18 bits per heavy atom. The van der Waals surface area contributed by atoms with Gasteiger partial charge < -0.3 is 0 Å². The van der Waals surface area contributed by atoms with Crippen LogP contribution < -0.4 is 0 Å². The van der Waals surface area contributed by atoms with Gasteiger partial charge in [-0.05, 0) is 30.5 Å². The molecule has 0 nitrogen and oxygen atoms in total. The van der Waals surface area contributed by atoms with Crippen molar-refractivity contribution in [2.45, 2.75) is 42.6 Å². The van der Waals surface area contributed by atoms with E-state index in [1.165, 1.54) is 37.7 Å². The Labute approximate surface area is 117 Å². The first-order valence-corrected chi connectivity index (χ1v) is 8.06. The van der Waals surface area contributed by atoms with Crippen molar-refractivity contribution in [2.75, 3.05) is 0 Å². The lowest BCUT2D eigenvalue weighted by Gasteiger charge is -2.24. The molecule has 2 heteroatoms. The normalized spacial score (nSPS) is 18.9. The molecule has 1 aliphatic rings. The summed E-state index contributed by atoms with van der Waals surface area (Å²) in [6.07, 6.45) is 9.08. The van der Waals surface area contributed by atoms with Crippen LogP contribution in [-0.2, 0) is 0 Å². The Morgan fingerprint density at radius 2 is 1.82 bits per heavy atom. The van der Waals surface area contributed by atoms with Crippen molar-refractivity contribution < 1.29 is 0 Å². The lowest BCUT2D eigenvalue weighted by atomic mass is 10.0. The van der Waals surface area contributed by atoms with Gasteiger partial charge in [0.25, 0.3) is 0 Å². The summed E-state index contributed by atoms with van der Waals surface area (Å²) < 4.78 is 1.15. The monoisotopic (exact) mass is 310 g/mol. The Bertz CT molecular complexity index is 352. The molecule has 0 N–H and O–H groups in total. The van der Waals surface area contributed by atoms with E-state index in [0.717, 1.165) is 9.72 Å². The number of hydrogen-bond acceptors (Lipinski definition) is 1. The SMILES string of the molecule is C=C[C@H](SC1CCCCC1)c1ccc(Br)cc1. The van der Waals surface area contributed by atoms with Gasteiger partial charge in [0, 0.05) is 15.0 Å². The molecule has 0 bridgehead atoms. The van der Waals surface area contributed by atoms with Crippen molar-refractivity contribution in [3.63, 3.8) is 0 Å². The average molecular weight is 311 g/mol. The molecule has 0 saturated heterocycles. The number of benzene rings is 1. The van der Waals surface area contributed by atoms with Gasteiger partial charge in [-0.3, -0.25) is 0 Å². The predicted molar refractivity (Wildman–Crippen MR) is 81.5 cm³/mol. The number of rotatable bonds is 4. The Kier molecular flexibility index (Phi) is 5.17. The lowest BCUT2D eigenvalue weighted by Crippen LogP contribution is -2.09. The number of thioether (sulfide) groups is 1. The van der Waals surface area contributed by atoms with Crippen LogP contribution in [0.15, 0.2) is 41.4 Å². The van der Waals surface area contributed by atoms with E-state index in [9.17, 15) is 0 Å². The maximum atomic E-state index is 3.99. The first-order chi connectivity index (χ1) is 8.29. The van der Waals surface area contributed by atoms with E-state index < -0.39 is 0 Å². The fourth-order valence-electron chi connectivity index (χ4n) is 2.33. The molecule has 1 aromatic rings. The van der Waals surface area contributed by atoms with E-state index in [1.807, 2.05) is 0 Å². The molecule has 17 heavy (non-hydrogen) atoms. The molecule has 1 saturated carbocycles. The van der Waals surface area contributed by atoms with Gasteiger partial charge in [-0.25, -0.2) is 0 Å². The molecule has 1 aromatic carbocycles. The molecule has 92 valence electrons. The summed E-state index contributed by atoms with van der Waals surface area (Å²) >= 11 is 5.57. The summed E-state index contributed by atoms with van der Waals surface area (Å²) in [4.78, 5) is 0. The van der Waals surface area contributed by atoms with Gasteiger partial charge in [-0.2, -0.15) is 0 Å². The summed E-state index contributed by atoms with van der Waals surface area (Å²) in [5.74, 6) is 0. The maximum absolute atomic E-state index is 3.99. The van der Waals surface area contributed by atoms with Crippen molar-refractivity contribution in [1.82, 2.24) is 0 Å². The molecule has 0 aromatic heterocycles. The van der Waals surface area contributed by atoms with Gasteiger partial charge in [-0.15, -0.1) is 18.3 Å². The molecule has 0 spiro atoms.